The summed E-state index contributed by atoms with van der Waals surface area (Å²) in [5.74, 6) is -0.761. The molecule has 8 nitrogen and oxygen atoms in total. The van der Waals surface area contributed by atoms with Crippen molar-refractivity contribution in [1.82, 2.24) is 10.2 Å². The molecule has 0 aliphatic carbocycles. The highest BCUT2D eigenvalue weighted by atomic mass is 16.6. The lowest BCUT2D eigenvalue weighted by Crippen LogP contribution is -1.95. The first-order chi connectivity index (χ1) is 11.0. The van der Waals surface area contributed by atoms with E-state index >= 15 is 0 Å². The van der Waals surface area contributed by atoms with Gasteiger partial charge in [0, 0.05) is 17.0 Å². The van der Waals surface area contributed by atoms with Gasteiger partial charge in [0.1, 0.15) is 11.4 Å². The van der Waals surface area contributed by atoms with Crippen LogP contribution in [0.3, 0.4) is 0 Å². The largest absolute Gasteiger partial charge is 0.496 e. The van der Waals surface area contributed by atoms with Gasteiger partial charge in [-0.15, -0.1) is 0 Å². The zero-order chi connectivity index (χ0) is 16.6. The maximum absolute atomic E-state index is 11.1. The number of hydrogen-bond acceptors (Lipinski definition) is 5. The van der Waals surface area contributed by atoms with Crippen LogP contribution >= 0.6 is 0 Å². The summed E-state index contributed by atoms with van der Waals surface area (Å²) in [5, 5.41) is 27.6. The first kappa shape index (κ1) is 14.5. The van der Waals surface area contributed by atoms with Crippen molar-refractivity contribution in [2.75, 3.05) is 7.11 Å². The van der Waals surface area contributed by atoms with Crippen LogP contribution in [-0.4, -0.2) is 33.3 Å². The van der Waals surface area contributed by atoms with Crippen LogP contribution in [0.25, 0.3) is 22.2 Å². The number of methoxy groups -OCH3 is 1. The van der Waals surface area contributed by atoms with Crippen LogP contribution in [0.5, 0.6) is 5.75 Å². The molecule has 0 atom stereocenters. The van der Waals surface area contributed by atoms with Gasteiger partial charge in [-0.1, -0.05) is 0 Å². The number of nitrogens with zero attached hydrogens (tertiary/aromatic N) is 2. The second-order valence-electron chi connectivity index (χ2n) is 4.78. The van der Waals surface area contributed by atoms with Gasteiger partial charge in [-0.3, -0.25) is 15.2 Å². The number of nitro benzene ring substituents is 1. The number of rotatable bonds is 4. The molecule has 0 bridgehead atoms. The van der Waals surface area contributed by atoms with E-state index in [1.54, 1.807) is 6.07 Å². The summed E-state index contributed by atoms with van der Waals surface area (Å²) in [5.41, 5.74) is 1.69. The fourth-order valence-electron chi connectivity index (χ4n) is 2.34. The van der Waals surface area contributed by atoms with E-state index in [2.05, 4.69) is 10.2 Å². The van der Waals surface area contributed by atoms with Crippen LogP contribution in [0.2, 0.25) is 0 Å². The topological polar surface area (TPSA) is 118 Å². The summed E-state index contributed by atoms with van der Waals surface area (Å²) in [7, 11) is 1.40. The Balaban J connectivity index is 2.22. The number of benzene rings is 2. The molecule has 0 unspecified atom stereocenters. The van der Waals surface area contributed by atoms with Crippen LogP contribution in [-0.2, 0) is 0 Å². The predicted octanol–water partition coefficient (Wildman–Crippen LogP) is 2.84. The van der Waals surface area contributed by atoms with E-state index in [4.69, 9.17) is 9.84 Å². The van der Waals surface area contributed by atoms with Gasteiger partial charge >= 0.3 is 5.97 Å². The monoisotopic (exact) mass is 313 g/mol. The molecule has 0 fully saturated rings. The Kier molecular flexibility index (Phi) is 3.41. The number of H-pyrrole nitrogens is 1. The number of non-ortho nitro benzene ring substituents is 1. The van der Waals surface area contributed by atoms with Crippen molar-refractivity contribution < 1.29 is 19.6 Å². The van der Waals surface area contributed by atoms with Gasteiger partial charge in [-0.05, 0) is 24.3 Å². The Morgan fingerprint density at radius 2 is 2.09 bits per heavy atom. The maximum atomic E-state index is 11.1. The Morgan fingerprint density at radius 3 is 2.74 bits per heavy atom. The Hall–Kier alpha value is -3.42. The highest BCUT2D eigenvalue weighted by Gasteiger charge is 2.17. The summed E-state index contributed by atoms with van der Waals surface area (Å²) in [6.45, 7) is 0. The molecule has 1 aromatic heterocycles. The van der Waals surface area contributed by atoms with Crippen LogP contribution in [0.4, 0.5) is 5.69 Å². The van der Waals surface area contributed by atoms with Crippen molar-refractivity contribution >= 4 is 22.6 Å². The molecule has 2 N–H and O–H groups in total. The highest BCUT2D eigenvalue weighted by Crippen LogP contribution is 2.36. The molecule has 1 heterocycles. The SMILES string of the molecule is COc1cc([N+](=O)[O-])ccc1-c1n[nH]c2ccc(C(=O)O)cc12. The summed E-state index contributed by atoms with van der Waals surface area (Å²) in [6.07, 6.45) is 0. The molecule has 3 aromatic rings. The second-order valence-corrected chi connectivity index (χ2v) is 4.78. The number of carboxylic acid groups (broad SMARTS) is 1. The lowest BCUT2D eigenvalue weighted by Gasteiger charge is -2.06. The number of aromatic carboxylic acids is 1. The van der Waals surface area contributed by atoms with Gasteiger partial charge in [0.05, 0.1) is 29.2 Å². The number of carbonyl (C=O) groups is 1. The molecule has 2 aromatic carbocycles. The zero-order valence-electron chi connectivity index (χ0n) is 11.9. The third kappa shape index (κ3) is 2.46. The molecule has 0 aliphatic rings. The van der Waals surface area contributed by atoms with Crippen molar-refractivity contribution in [3.63, 3.8) is 0 Å². The minimum absolute atomic E-state index is 0.100. The number of aromatic amines is 1. The fourth-order valence-corrected chi connectivity index (χ4v) is 2.34. The fraction of sp³-hybridized carbons (Fsp3) is 0.0667. The lowest BCUT2D eigenvalue weighted by atomic mass is 10.0. The Morgan fingerprint density at radius 1 is 1.30 bits per heavy atom. The number of nitrogens with one attached hydrogen (secondary N) is 1. The zero-order valence-corrected chi connectivity index (χ0v) is 11.9. The average Bonchev–Trinajstić information content (AvgIpc) is 2.96. The minimum atomic E-state index is -1.05. The first-order valence-corrected chi connectivity index (χ1v) is 6.55. The van der Waals surface area contributed by atoms with Gasteiger partial charge in [-0.2, -0.15) is 5.10 Å². The standard InChI is InChI=1S/C15H11N3O5/c1-23-13-7-9(18(21)22)3-4-10(13)14-11-6-8(15(19)20)2-5-12(11)16-17-14/h2-7H,1H3,(H,16,17)(H,19,20). The molecule has 3 rings (SSSR count). The van der Waals surface area contributed by atoms with Crippen molar-refractivity contribution in [2.45, 2.75) is 0 Å². The van der Waals surface area contributed by atoms with Gasteiger partial charge in [0.15, 0.2) is 0 Å². The molecular formula is C15H11N3O5. The molecule has 0 amide bonds. The highest BCUT2D eigenvalue weighted by molar-refractivity contribution is 5.99. The molecule has 0 radical (unpaired) electrons. The van der Waals surface area contributed by atoms with Gasteiger partial charge < -0.3 is 9.84 Å². The van der Waals surface area contributed by atoms with Crippen molar-refractivity contribution in [3.05, 3.63) is 52.1 Å². The summed E-state index contributed by atoms with van der Waals surface area (Å²) in [6, 6.07) is 8.76. The third-order valence-corrected chi connectivity index (χ3v) is 3.46. The molecule has 8 heteroatoms. The predicted molar refractivity (Wildman–Crippen MR) is 81.7 cm³/mol. The minimum Gasteiger partial charge on any atom is -0.496 e. The second kappa shape index (κ2) is 5.41. The van der Waals surface area contributed by atoms with Crippen molar-refractivity contribution in [3.8, 4) is 17.0 Å². The molecular weight excluding hydrogens is 302 g/mol. The quantitative estimate of drug-likeness (QED) is 0.564. The number of carboxylic acids is 1. The summed E-state index contributed by atoms with van der Waals surface area (Å²) >= 11 is 0. The smallest absolute Gasteiger partial charge is 0.335 e. The molecule has 116 valence electrons. The summed E-state index contributed by atoms with van der Waals surface area (Å²) in [4.78, 5) is 21.5. The van der Waals surface area contributed by atoms with E-state index in [0.717, 1.165) is 0 Å². The van der Waals surface area contributed by atoms with Crippen LogP contribution in [0.1, 0.15) is 10.4 Å². The summed E-state index contributed by atoms with van der Waals surface area (Å²) < 4.78 is 5.21. The number of ether oxygens (including phenoxy) is 1. The van der Waals surface area contributed by atoms with Crippen LogP contribution in [0, 0.1) is 10.1 Å². The molecule has 0 aliphatic heterocycles. The maximum Gasteiger partial charge on any atom is 0.335 e. The molecule has 0 saturated carbocycles. The lowest BCUT2D eigenvalue weighted by molar-refractivity contribution is -0.384. The van der Waals surface area contributed by atoms with E-state index < -0.39 is 10.9 Å². The number of hydrogen-bond donors (Lipinski definition) is 2. The van der Waals surface area contributed by atoms with Gasteiger partial charge in [-0.25, -0.2) is 4.79 Å². The van der Waals surface area contributed by atoms with Crippen molar-refractivity contribution in [1.29, 1.82) is 0 Å². The van der Waals surface area contributed by atoms with E-state index in [9.17, 15) is 14.9 Å². The van der Waals surface area contributed by atoms with E-state index in [-0.39, 0.29) is 17.0 Å². The average molecular weight is 313 g/mol. The molecule has 0 saturated heterocycles. The van der Waals surface area contributed by atoms with E-state index in [0.29, 0.717) is 22.2 Å². The molecule has 0 spiro atoms. The third-order valence-electron chi connectivity index (χ3n) is 3.46. The molecule has 23 heavy (non-hydrogen) atoms. The first-order valence-electron chi connectivity index (χ1n) is 6.55. The van der Waals surface area contributed by atoms with Crippen LogP contribution in [0.15, 0.2) is 36.4 Å². The Labute approximate surface area is 129 Å². The van der Waals surface area contributed by atoms with E-state index in [1.807, 2.05) is 0 Å². The van der Waals surface area contributed by atoms with Crippen LogP contribution < -0.4 is 4.74 Å². The number of fused-ring (bicyclic) bond motifs is 1. The normalized spacial score (nSPS) is 10.7. The van der Waals surface area contributed by atoms with Gasteiger partial charge in [0.2, 0.25) is 0 Å². The Bertz CT molecular complexity index is 932. The van der Waals surface area contributed by atoms with Crippen molar-refractivity contribution in [2.24, 2.45) is 0 Å². The number of nitro groups is 1. The number of aromatic nitrogens is 2. The van der Waals surface area contributed by atoms with Gasteiger partial charge in [0.25, 0.3) is 5.69 Å². The van der Waals surface area contributed by atoms with E-state index in [1.165, 1.54) is 37.4 Å².